The van der Waals surface area contributed by atoms with E-state index >= 15 is 0 Å². The maximum Gasteiger partial charge on any atom is 0.408 e. The van der Waals surface area contributed by atoms with Gasteiger partial charge in [0.2, 0.25) is 0 Å². The fourth-order valence-electron chi connectivity index (χ4n) is 4.67. The molecule has 0 radical (unpaired) electrons. The van der Waals surface area contributed by atoms with Crippen LogP contribution in [-0.2, 0) is 0 Å². The Morgan fingerprint density at radius 1 is 1.25 bits per heavy atom. The average Bonchev–Trinajstić information content (AvgIpc) is 3.28. The van der Waals surface area contributed by atoms with Crippen LogP contribution in [0.3, 0.4) is 0 Å². The normalized spacial score (nSPS) is 17.2. The fourth-order valence-corrected chi connectivity index (χ4v) is 5.42. The second-order valence-electron chi connectivity index (χ2n) is 10.4. The van der Waals surface area contributed by atoms with Crippen molar-refractivity contribution in [3.05, 3.63) is 53.9 Å². The van der Waals surface area contributed by atoms with Crippen LogP contribution in [0.5, 0.6) is 0 Å². The number of imidazole rings is 2. The highest BCUT2D eigenvalue weighted by atomic mass is 32.1. The lowest BCUT2D eigenvalue weighted by Crippen LogP contribution is -2.54. The van der Waals surface area contributed by atoms with Crippen LogP contribution in [0.15, 0.2) is 42.6 Å². The maximum atomic E-state index is 13.3. The van der Waals surface area contributed by atoms with Gasteiger partial charge in [0.25, 0.3) is 5.91 Å². The summed E-state index contributed by atoms with van der Waals surface area (Å²) in [6, 6.07) is 2.22. The highest BCUT2D eigenvalue weighted by molar-refractivity contribution is 7.13. The number of halogens is 3. The Bertz CT molecular complexity index is 1620. The quantitative estimate of drug-likeness (QED) is 0.327. The van der Waals surface area contributed by atoms with Crippen LogP contribution in [0.25, 0.3) is 16.5 Å². The Balaban J connectivity index is 1.25. The highest BCUT2D eigenvalue weighted by Gasteiger charge is 2.41. The van der Waals surface area contributed by atoms with Gasteiger partial charge >= 0.3 is 6.18 Å². The van der Waals surface area contributed by atoms with E-state index < -0.39 is 23.5 Å². The highest BCUT2D eigenvalue weighted by Crippen LogP contribution is 2.41. The molecular weight excluding hydrogens is 543 g/mol. The van der Waals surface area contributed by atoms with Crippen molar-refractivity contribution in [1.29, 1.82) is 5.26 Å². The monoisotopic (exact) mass is 567 g/mol. The molecule has 10 nitrogen and oxygen atoms in total. The molecule has 1 saturated carbocycles. The Hall–Kier alpha value is -4.25. The number of carbonyl (C=O) groups is 1. The van der Waals surface area contributed by atoms with Gasteiger partial charge in [0.1, 0.15) is 17.6 Å². The Kier molecular flexibility index (Phi) is 6.14. The molecule has 1 aliphatic carbocycles. The summed E-state index contributed by atoms with van der Waals surface area (Å²) in [5, 5.41) is 13.9. The summed E-state index contributed by atoms with van der Waals surface area (Å²) < 4.78 is 42.7. The van der Waals surface area contributed by atoms with Gasteiger partial charge in [-0.15, -0.1) is 11.3 Å². The minimum Gasteiger partial charge on any atom is -0.365 e. The van der Waals surface area contributed by atoms with E-state index in [2.05, 4.69) is 31.3 Å². The van der Waals surface area contributed by atoms with Gasteiger partial charge in [-0.25, -0.2) is 19.9 Å². The molecule has 4 aromatic rings. The molecule has 2 aliphatic rings. The third kappa shape index (κ3) is 4.81. The second kappa shape index (κ2) is 9.44. The third-order valence-electron chi connectivity index (χ3n) is 7.16. The van der Waals surface area contributed by atoms with Crippen molar-refractivity contribution in [1.82, 2.24) is 29.1 Å². The van der Waals surface area contributed by atoms with Gasteiger partial charge in [-0.1, -0.05) is 0 Å². The molecule has 1 atom stereocenters. The molecule has 5 heterocycles. The maximum absolute atomic E-state index is 13.3. The number of thiazole rings is 1. The van der Waals surface area contributed by atoms with Crippen molar-refractivity contribution in [2.75, 3.05) is 23.3 Å². The smallest absolute Gasteiger partial charge is 0.365 e. The largest absolute Gasteiger partial charge is 0.408 e. The molecule has 0 bridgehead atoms. The van der Waals surface area contributed by atoms with E-state index in [1.807, 2.05) is 22.6 Å². The summed E-state index contributed by atoms with van der Waals surface area (Å²) in [4.78, 5) is 32.5. The number of anilines is 2. The Labute approximate surface area is 231 Å². The molecule has 0 unspecified atom stereocenters. The minimum atomic E-state index is -4.45. The van der Waals surface area contributed by atoms with Crippen molar-refractivity contribution < 1.29 is 18.0 Å². The van der Waals surface area contributed by atoms with Gasteiger partial charge in [-0.2, -0.15) is 18.4 Å². The lowest BCUT2D eigenvalue weighted by molar-refractivity contribution is -0.162. The first kappa shape index (κ1) is 26.0. The number of nitrogens with one attached hydrogen (secondary N) is 1. The summed E-state index contributed by atoms with van der Waals surface area (Å²) in [7, 11) is 0. The number of nitriles is 1. The fraction of sp³-hybridized carbons (Fsp3) is 0.385. The molecular formula is C26H24F3N9OS. The van der Waals surface area contributed by atoms with Crippen LogP contribution in [0.4, 0.5) is 24.7 Å². The van der Waals surface area contributed by atoms with Crippen LogP contribution in [0.2, 0.25) is 0 Å². The summed E-state index contributed by atoms with van der Waals surface area (Å²) in [6.45, 7) is 4.03. The van der Waals surface area contributed by atoms with Crippen molar-refractivity contribution in [2.45, 2.75) is 44.8 Å². The van der Waals surface area contributed by atoms with Crippen LogP contribution in [0.1, 0.15) is 54.8 Å². The van der Waals surface area contributed by atoms with Crippen molar-refractivity contribution in [3.8, 4) is 22.6 Å². The standard InChI is InChI=1S/C26H24F3N9OS/c1-15(26(27,28)29)38-6-5-31-22(38)24-35-21(10-40-24)34-23(39)17-7-19(36-9-18(33-14-36)16-3-4-16)20(8-32-17)37-12-25(2,11-30)13-37/h5-10,14-16H,3-4,12-13H2,1-2H3,(H,34,39)/t15-/m0/s1. The number of amides is 1. The molecule has 6 rings (SSSR count). The lowest BCUT2D eigenvalue weighted by atomic mass is 9.83. The van der Waals surface area contributed by atoms with Crippen LogP contribution < -0.4 is 10.2 Å². The van der Waals surface area contributed by atoms with E-state index in [-0.39, 0.29) is 22.3 Å². The number of pyridine rings is 1. The van der Waals surface area contributed by atoms with E-state index in [9.17, 15) is 23.2 Å². The van der Waals surface area contributed by atoms with Crippen molar-refractivity contribution in [2.24, 2.45) is 5.41 Å². The number of aromatic nitrogens is 6. The second-order valence-corrected chi connectivity index (χ2v) is 11.3. The van der Waals surface area contributed by atoms with Crippen LogP contribution in [0, 0.1) is 16.7 Å². The molecule has 14 heteroatoms. The summed E-state index contributed by atoms with van der Waals surface area (Å²) in [5.41, 5.74) is 2.17. The zero-order chi connectivity index (χ0) is 28.2. The zero-order valence-electron chi connectivity index (χ0n) is 21.6. The van der Waals surface area contributed by atoms with E-state index in [0.29, 0.717) is 24.7 Å². The molecule has 1 saturated heterocycles. The first-order chi connectivity index (χ1) is 19.0. The van der Waals surface area contributed by atoms with E-state index in [1.165, 1.54) is 12.4 Å². The van der Waals surface area contributed by atoms with E-state index in [4.69, 9.17) is 0 Å². The average molecular weight is 568 g/mol. The van der Waals surface area contributed by atoms with E-state index in [1.54, 1.807) is 24.0 Å². The molecule has 0 aromatic carbocycles. The Morgan fingerprint density at radius 3 is 2.73 bits per heavy atom. The molecule has 1 N–H and O–H groups in total. The summed E-state index contributed by atoms with van der Waals surface area (Å²) in [6.07, 6.45) is 5.58. The number of alkyl halides is 3. The number of hydrogen-bond acceptors (Lipinski definition) is 8. The molecule has 0 spiro atoms. The molecule has 4 aromatic heterocycles. The first-order valence-corrected chi connectivity index (χ1v) is 13.5. The topological polar surface area (TPSA) is 118 Å². The predicted molar refractivity (Wildman–Crippen MR) is 141 cm³/mol. The summed E-state index contributed by atoms with van der Waals surface area (Å²) >= 11 is 1.07. The van der Waals surface area contributed by atoms with Crippen molar-refractivity contribution >= 4 is 28.7 Å². The first-order valence-electron chi connectivity index (χ1n) is 12.6. The SMILES string of the molecule is C[C@H](n1ccnc1-c1nc(NC(=O)c2cc(-n3cnc(C4CC4)c3)c(N3CC(C)(C#N)C3)cn2)cs1)C(F)(F)F. The van der Waals surface area contributed by atoms with Gasteiger partial charge in [0.05, 0.1) is 41.1 Å². The van der Waals surface area contributed by atoms with Gasteiger partial charge in [-0.3, -0.25) is 4.79 Å². The van der Waals surface area contributed by atoms with Gasteiger partial charge in [-0.05, 0) is 32.8 Å². The van der Waals surface area contributed by atoms with Gasteiger partial charge < -0.3 is 19.4 Å². The van der Waals surface area contributed by atoms with E-state index in [0.717, 1.165) is 47.1 Å². The molecule has 2 fully saturated rings. The predicted octanol–water partition coefficient (Wildman–Crippen LogP) is 5.19. The molecule has 1 aliphatic heterocycles. The lowest BCUT2D eigenvalue weighted by Gasteiger charge is -2.45. The van der Waals surface area contributed by atoms with Gasteiger partial charge in [0, 0.05) is 43.0 Å². The number of hydrogen-bond donors (Lipinski definition) is 1. The van der Waals surface area contributed by atoms with Crippen molar-refractivity contribution in [3.63, 3.8) is 0 Å². The minimum absolute atomic E-state index is 0.0607. The number of carbonyl (C=O) groups excluding carboxylic acids is 1. The number of rotatable bonds is 7. The molecule has 40 heavy (non-hydrogen) atoms. The summed E-state index contributed by atoms with van der Waals surface area (Å²) in [5.74, 6) is 0.168. The van der Waals surface area contributed by atoms with Crippen LogP contribution in [-0.4, -0.2) is 54.2 Å². The Morgan fingerprint density at radius 2 is 2.02 bits per heavy atom. The molecule has 1 amide bonds. The van der Waals surface area contributed by atoms with Gasteiger partial charge in [0.15, 0.2) is 10.8 Å². The zero-order valence-corrected chi connectivity index (χ0v) is 22.4. The number of nitrogens with zero attached hydrogens (tertiary/aromatic N) is 8. The molecule has 206 valence electrons. The van der Waals surface area contributed by atoms with Crippen LogP contribution >= 0.6 is 11.3 Å². The third-order valence-corrected chi connectivity index (χ3v) is 8.00.